The van der Waals surface area contributed by atoms with Crippen molar-refractivity contribution in [3.63, 3.8) is 0 Å². The molecule has 0 saturated heterocycles. The van der Waals surface area contributed by atoms with Crippen LogP contribution in [0, 0.1) is 0 Å². The van der Waals surface area contributed by atoms with Crippen molar-refractivity contribution >= 4 is 0 Å². The van der Waals surface area contributed by atoms with Crippen LogP contribution in [-0.4, -0.2) is 29.1 Å². The fraction of sp³-hybridized carbons (Fsp3) is 0.333. The minimum atomic E-state index is -0.492. The summed E-state index contributed by atoms with van der Waals surface area (Å²) in [7, 11) is 0. The Morgan fingerprint density at radius 1 is 0.952 bits per heavy atom. The number of aliphatic hydroxyl groups is 1. The summed E-state index contributed by atoms with van der Waals surface area (Å²) in [6.45, 7) is 4.14. The average Bonchev–Trinajstić information content (AvgIpc) is 2.48. The number of aliphatic hydroxyl groups excluding tert-OH is 1. The molecule has 2 aromatic carbocycles. The average molecular weight is 284 g/mol. The molecule has 0 fully saturated rings. The van der Waals surface area contributed by atoms with Gasteiger partial charge in [-0.15, -0.1) is 0 Å². The summed E-state index contributed by atoms with van der Waals surface area (Å²) >= 11 is 0. The van der Waals surface area contributed by atoms with E-state index in [0.717, 1.165) is 18.7 Å². The molecule has 3 nitrogen and oxygen atoms in total. The van der Waals surface area contributed by atoms with Crippen LogP contribution in [0.3, 0.4) is 0 Å². The van der Waals surface area contributed by atoms with E-state index in [2.05, 4.69) is 17.0 Å². The topological polar surface area (TPSA) is 49.5 Å². The molecule has 0 saturated carbocycles. The Hall–Kier alpha value is -1.68. The Bertz CT molecular complexity index is 513. The van der Waals surface area contributed by atoms with Gasteiger partial charge in [0.1, 0.15) is 0 Å². The molecular formula is C18H24N2O. The van der Waals surface area contributed by atoms with Gasteiger partial charge < -0.3 is 10.8 Å². The van der Waals surface area contributed by atoms with Crippen LogP contribution in [0.15, 0.2) is 60.7 Å². The Morgan fingerprint density at radius 3 is 2.10 bits per heavy atom. The van der Waals surface area contributed by atoms with Crippen LogP contribution in [-0.2, 0) is 6.54 Å². The number of hydrogen-bond acceptors (Lipinski definition) is 3. The fourth-order valence-corrected chi connectivity index (χ4v) is 2.48. The summed E-state index contributed by atoms with van der Waals surface area (Å²) < 4.78 is 0. The van der Waals surface area contributed by atoms with E-state index in [1.165, 1.54) is 5.56 Å². The van der Waals surface area contributed by atoms with E-state index in [9.17, 15) is 5.11 Å². The third kappa shape index (κ3) is 5.31. The number of rotatable bonds is 7. The van der Waals surface area contributed by atoms with Crippen LogP contribution in [0.5, 0.6) is 0 Å². The van der Waals surface area contributed by atoms with Crippen LogP contribution in [0.1, 0.15) is 24.2 Å². The zero-order chi connectivity index (χ0) is 15.1. The molecule has 0 radical (unpaired) electrons. The van der Waals surface area contributed by atoms with E-state index >= 15 is 0 Å². The zero-order valence-electron chi connectivity index (χ0n) is 12.5. The number of benzene rings is 2. The lowest BCUT2D eigenvalue weighted by atomic mass is 10.1. The van der Waals surface area contributed by atoms with E-state index < -0.39 is 6.10 Å². The van der Waals surface area contributed by atoms with Gasteiger partial charge in [0.15, 0.2) is 0 Å². The second kappa shape index (κ2) is 7.93. The monoisotopic (exact) mass is 284 g/mol. The summed E-state index contributed by atoms with van der Waals surface area (Å²) in [4.78, 5) is 2.21. The van der Waals surface area contributed by atoms with Crippen molar-refractivity contribution in [1.82, 2.24) is 4.90 Å². The molecule has 0 bridgehead atoms. The predicted molar refractivity (Wildman–Crippen MR) is 86.8 cm³/mol. The highest BCUT2D eigenvalue weighted by molar-refractivity contribution is 5.18. The molecule has 3 N–H and O–H groups in total. The first-order chi connectivity index (χ1) is 10.1. The van der Waals surface area contributed by atoms with Crippen molar-refractivity contribution in [3.8, 4) is 0 Å². The van der Waals surface area contributed by atoms with Crippen molar-refractivity contribution in [3.05, 3.63) is 71.8 Å². The van der Waals surface area contributed by atoms with Crippen molar-refractivity contribution in [1.29, 1.82) is 0 Å². The highest BCUT2D eigenvalue weighted by atomic mass is 16.3. The third-order valence-electron chi connectivity index (χ3n) is 3.41. The molecular weight excluding hydrogens is 260 g/mol. The lowest BCUT2D eigenvalue weighted by molar-refractivity contribution is 0.106. The predicted octanol–water partition coefficient (Wildman–Crippen LogP) is 2.57. The van der Waals surface area contributed by atoms with Gasteiger partial charge in [-0.1, -0.05) is 60.7 Å². The van der Waals surface area contributed by atoms with Gasteiger partial charge >= 0.3 is 0 Å². The van der Waals surface area contributed by atoms with Gasteiger partial charge in [-0.05, 0) is 18.1 Å². The minimum absolute atomic E-state index is 0.0803. The summed E-state index contributed by atoms with van der Waals surface area (Å²) in [5.74, 6) is 0. The zero-order valence-corrected chi connectivity index (χ0v) is 12.5. The molecule has 3 heteroatoms. The lowest BCUT2D eigenvalue weighted by Gasteiger charge is -2.27. The van der Waals surface area contributed by atoms with Gasteiger partial charge in [0.2, 0.25) is 0 Å². The van der Waals surface area contributed by atoms with Crippen LogP contribution < -0.4 is 5.73 Å². The molecule has 0 amide bonds. The first-order valence-electron chi connectivity index (χ1n) is 7.40. The lowest BCUT2D eigenvalue weighted by Crippen LogP contribution is -2.37. The number of nitrogens with zero attached hydrogens (tertiary/aromatic N) is 1. The molecule has 0 aliphatic carbocycles. The first-order valence-corrected chi connectivity index (χ1v) is 7.40. The van der Waals surface area contributed by atoms with Crippen LogP contribution >= 0.6 is 0 Å². The first kappa shape index (κ1) is 15.7. The summed E-state index contributed by atoms with van der Waals surface area (Å²) in [5.41, 5.74) is 8.12. The normalized spacial score (nSPS) is 14.1. The summed E-state index contributed by atoms with van der Waals surface area (Å²) in [6, 6.07) is 20.1. The molecule has 0 aliphatic heterocycles. The van der Waals surface area contributed by atoms with Gasteiger partial charge in [-0.3, -0.25) is 4.90 Å². The van der Waals surface area contributed by atoms with E-state index in [1.807, 2.05) is 55.5 Å². The van der Waals surface area contributed by atoms with E-state index in [-0.39, 0.29) is 6.04 Å². The van der Waals surface area contributed by atoms with E-state index in [4.69, 9.17) is 5.73 Å². The van der Waals surface area contributed by atoms with Gasteiger partial charge in [-0.25, -0.2) is 0 Å². The van der Waals surface area contributed by atoms with Crippen molar-refractivity contribution in [2.24, 2.45) is 5.73 Å². The largest absolute Gasteiger partial charge is 0.387 e. The van der Waals surface area contributed by atoms with Gasteiger partial charge in [0, 0.05) is 25.7 Å². The van der Waals surface area contributed by atoms with Gasteiger partial charge in [0.05, 0.1) is 6.10 Å². The maximum atomic E-state index is 10.4. The molecule has 21 heavy (non-hydrogen) atoms. The standard InChI is InChI=1S/C18H24N2O/c1-15(19)12-20(13-16-8-4-2-5-9-16)14-18(21)17-10-6-3-7-11-17/h2-11,15,18,21H,12-14,19H2,1H3/t15-,18-/m0/s1. The SMILES string of the molecule is C[C@H](N)CN(Cc1ccccc1)C[C@H](O)c1ccccc1. The second-order valence-electron chi connectivity index (χ2n) is 5.58. The number of nitrogens with two attached hydrogens (primary N) is 1. The van der Waals surface area contributed by atoms with Crippen LogP contribution in [0.4, 0.5) is 0 Å². The smallest absolute Gasteiger partial charge is 0.0917 e. The maximum absolute atomic E-state index is 10.4. The molecule has 2 aromatic rings. The van der Waals surface area contributed by atoms with Gasteiger partial charge in [0.25, 0.3) is 0 Å². The molecule has 112 valence electrons. The quantitative estimate of drug-likeness (QED) is 0.821. The molecule has 0 unspecified atom stereocenters. The second-order valence-corrected chi connectivity index (χ2v) is 5.58. The highest BCUT2D eigenvalue weighted by Crippen LogP contribution is 2.15. The van der Waals surface area contributed by atoms with E-state index in [0.29, 0.717) is 6.54 Å². The maximum Gasteiger partial charge on any atom is 0.0917 e. The van der Waals surface area contributed by atoms with Crippen molar-refractivity contribution in [2.75, 3.05) is 13.1 Å². The van der Waals surface area contributed by atoms with E-state index in [1.54, 1.807) is 0 Å². The molecule has 2 atom stereocenters. The molecule has 2 rings (SSSR count). The summed E-state index contributed by atoms with van der Waals surface area (Å²) in [6.07, 6.45) is -0.492. The van der Waals surface area contributed by atoms with Crippen LogP contribution in [0.25, 0.3) is 0 Å². The Labute approximate surface area is 127 Å². The van der Waals surface area contributed by atoms with Crippen molar-refractivity contribution in [2.45, 2.75) is 25.6 Å². The minimum Gasteiger partial charge on any atom is -0.387 e. The molecule has 0 aromatic heterocycles. The Morgan fingerprint density at radius 2 is 1.52 bits per heavy atom. The van der Waals surface area contributed by atoms with Crippen molar-refractivity contribution < 1.29 is 5.11 Å². The molecule has 0 heterocycles. The Kier molecular flexibility index (Phi) is 5.93. The summed E-state index contributed by atoms with van der Waals surface area (Å²) in [5, 5.41) is 10.4. The highest BCUT2D eigenvalue weighted by Gasteiger charge is 2.15. The number of hydrogen-bond donors (Lipinski definition) is 2. The van der Waals surface area contributed by atoms with Gasteiger partial charge in [-0.2, -0.15) is 0 Å². The van der Waals surface area contributed by atoms with Crippen LogP contribution in [0.2, 0.25) is 0 Å². The molecule has 0 aliphatic rings. The third-order valence-corrected chi connectivity index (χ3v) is 3.41. The molecule has 0 spiro atoms. The fourth-order valence-electron chi connectivity index (χ4n) is 2.48. The Balaban J connectivity index is 2.02.